The van der Waals surface area contributed by atoms with Gasteiger partial charge in [-0.15, -0.1) is 0 Å². The Morgan fingerprint density at radius 1 is 1.20 bits per heavy atom. The maximum Gasteiger partial charge on any atom is 0.325 e. The van der Waals surface area contributed by atoms with Crippen molar-refractivity contribution >= 4 is 31.7 Å². The minimum absolute atomic E-state index is 0.0901. The average Bonchev–Trinajstić information content (AvgIpc) is 2.24. The largest absolute Gasteiger partial charge is 0.480 e. The lowest BCUT2D eigenvalue weighted by Gasteiger charge is -2.20. The van der Waals surface area contributed by atoms with Crippen molar-refractivity contribution in [1.82, 2.24) is 0 Å². The fourth-order valence-electron chi connectivity index (χ4n) is 1.60. The number of hydrogen-bond acceptors (Lipinski definition) is 6. The minimum Gasteiger partial charge on any atom is -0.480 e. The van der Waals surface area contributed by atoms with Crippen LogP contribution >= 0.6 is 0 Å². The van der Waals surface area contributed by atoms with Gasteiger partial charge in [0.2, 0.25) is 20.0 Å². The van der Waals surface area contributed by atoms with Gasteiger partial charge in [0, 0.05) is 0 Å². The highest BCUT2D eigenvalue weighted by molar-refractivity contribution is 8.09. The first kappa shape index (κ1) is 16.4. The van der Waals surface area contributed by atoms with Gasteiger partial charge in [0.05, 0.1) is 18.2 Å². The smallest absolute Gasteiger partial charge is 0.325 e. The van der Waals surface area contributed by atoms with Crippen molar-refractivity contribution in [2.75, 3.05) is 16.2 Å². The second-order valence-electron chi connectivity index (χ2n) is 4.13. The van der Waals surface area contributed by atoms with Crippen LogP contribution in [0.5, 0.6) is 0 Å². The maximum absolute atomic E-state index is 11.6. The number of nitrogens with zero attached hydrogens (tertiary/aromatic N) is 1. The molecule has 0 saturated heterocycles. The van der Waals surface area contributed by atoms with E-state index in [4.69, 9.17) is 10.8 Å². The summed E-state index contributed by atoms with van der Waals surface area (Å²) in [6.07, 6.45) is 1.47. The number of anilines is 1. The lowest BCUT2D eigenvalue weighted by molar-refractivity contribution is -0.138. The molecule has 1 atom stereocenters. The molecule has 1 unspecified atom stereocenters. The molecule has 10 heteroatoms. The van der Waals surface area contributed by atoms with Gasteiger partial charge in [-0.25, -0.2) is 16.8 Å². The predicted molar refractivity (Wildman–Crippen MR) is 73.2 cm³/mol. The zero-order valence-corrected chi connectivity index (χ0v) is 12.3. The van der Waals surface area contributed by atoms with Gasteiger partial charge in [-0.2, -0.15) is 3.71 Å². The summed E-state index contributed by atoms with van der Waals surface area (Å²) in [6, 6.07) is 3.67. The van der Waals surface area contributed by atoms with E-state index in [1.807, 2.05) is 0 Å². The Labute approximate surface area is 116 Å². The van der Waals surface area contributed by atoms with Crippen molar-refractivity contribution in [2.45, 2.75) is 6.04 Å². The van der Waals surface area contributed by atoms with E-state index >= 15 is 0 Å². The molecular weight excluding hydrogens is 308 g/mol. The van der Waals surface area contributed by atoms with Gasteiger partial charge < -0.3 is 10.8 Å². The summed E-state index contributed by atoms with van der Waals surface area (Å²) in [5.41, 5.74) is 5.31. The summed E-state index contributed by atoms with van der Waals surface area (Å²) in [7, 11) is -8.16. The van der Waals surface area contributed by atoms with E-state index in [-0.39, 0.29) is 15.0 Å². The molecule has 0 fully saturated rings. The number of rotatable bonds is 5. The van der Waals surface area contributed by atoms with Crippen LogP contribution < -0.4 is 9.44 Å². The van der Waals surface area contributed by atoms with Gasteiger partial charge >= 0.3 is 5.97 Å². The first-order chi connectivity index (χ1) is 8.94. The van der Waals surface area contributed by atoms with Crippen LogP contribution in [0, 0.1) is 0 Å². The molecule has 0 radical (unpaired) electrons. The highest BCUT2D eigenvalue weighted by Gasteiger charge is 2.28. The second kappa shape index (κ2) is 5.38. The normalized spacial score (nSPS) is 13.8. The van der Waals surface area contributed by atoms with E-state index in [0.29, 0.717) is 0 Å². The zero-order chi connectivity index (χ0) is 15.7. The molecule has 0 amide bonds. The lowest BCUT2D eigenvalue weighted by Crippen LogP contribution is -2.35. The average molecular weight is 322 g/mol. The molecule has 112 valence electrons. The van der Waals surface area contributed by atoms with Gasteiger partial charge in [-0.1, -0.05) is 12.1 Å². The summed E-state index contributed by atoms with van der Waals surface area (Å²) >= 11 is 0. The third-order valence-corrected chi connectivity index (χ3v) is 5.56. The van der Waals surface area contributed by atoms with Crippen LogP contribution in [0.4, 0.5) is 5.69 Å². The Balaban J connectivity index is 3.46. The molecule has 1 aromatic carbocycles. The number of carboxylic acid groups (broad SMARTS) is 1. The van der Waals surface area contributed by atoms with E-state index in [1.54, 1.807) is 0 Å². The van der Waals surface area contributed by atoms with Crippen molar-refractivity contribution < 1.29 is 26.7 Å². The Hall–Kier alpha value is -1.65. The van der Waals surface area contributed by atoms with Crippen LogP contribution in [-0.4, -0.2) is 40.4 Å². The van der Waals surface area contributed by atoms with Crippen molar-refractivity contribution in [1.29, 1.82) is 0 Å². The predicted octanol–water partition coefficient (Wildman–Crippen LogP) is -0.503. The van der Waals surface area contributed by atoms with Crippen LogP contribution in [0.15, 0.2) is 24.3 Å². The Kier molecular flexibility index (Phi) is 4.42. The third kappa shape index (κ3) is 3.68. The van der Waals surface area contributed by atoms with Crippen LogP contribution in [0.25, 0.3) is 0 Å². The molecule has 1 aromatic rings. The molecule has 0 saturated carbocycles. The molecular formula is C10H14N2O6S2. The van der Waals surface area contributed by atoms with Crippen molar-refractivity contribution in [3.8, 4) is 0 Å². The van der Waals surface area contributed by atoms with Crippen molar-refractivity contribution in [3.05, 3.63) is 29.8 Å². The summed E-state index contributed by atoms with van der Waals surface area (Å²) in [5.74, 6) is -1.31. The second-order valence-corrected chi connectivity index (χ2v) is 8.03. The topological polar surface area (TPSA) is 135 Å². The minimum atomic E-state index is -4.08. The highest BCUT2D eigenvalue weighted by Crippen LogP contribution is 2.24. The van der Waals surface area contributed by atoms with E-state index in [9.17, 15) is 21.6 Å². The standard InChI is InChI=1S/C10H14N2O6S2/c1-19(15,16)12(20(2,17)18)8-5-3-4-7(6-8)9(11)10(13)14/h3-6,9H,11H2,1-2H3,(H,13,14). The fraction of sp³-hybridized carbons (Fsp3) is 0.300. The first-order valence-electron chi connectivity index (χ1n) is 5.23. The summed E-state index contributed by atoms with van der Waals surface area (Å²) in [6.45, 7) is 0. The number of aliphatic carboxylic acids is 1. The van der Waals surface area contributed by atoms with E-state index in [2.05, 4.69) is 0 Å². The van der Waals surface area contributed by atoms with Crippen molar-refractivity contribution in [2.24, 2.45) is 5.73 Å². The van der Waals surface area contributed by atoms with E-state index < -0.39 is 32.1 Å². The van der Waals surface area contributed by atoms with Gasteiger partial charge in [0.15, 0.2) is 0 Å². The van der Waals surface area contributed by atoms with Crippen LogP contribution in [-0.2, 0) is 24.8 Å². The molecule has 0 aromatic heterocycles. The monoisotopic (exact) mass is 322 g/mol. The molecule has 0 spiro atoms. The quantitative estimate of drug-likeness (QED) is 0.745. The Morgan fingerprint density at radius 2 is 1.70 bits per heavy atom. The summed E-state index contributed by atoms with van der Waals surface area (Å²) < 4.78 is 46.6. The lowest BCUT2D eigenvalue weighted by atomic mass is 10.1. The van der Waals surface area contributed by atoms with E-state index in [0.717, 1.165) is 18.6 Å². The number of hydrogen-bond donors (Lipinski definition) is 2. The highest BCUT2D eigenvalue weighted by atomic mass is 32.3. The molecule has 0 aliphatic carbocycles. The molecule has 8 nitrogen and oxygen atoms in total. The number of benzene rings is 1. The van der Waals surface area contributed by atoms with Crippen LogP contribution in [0.3, 0.4) is 0 Å². The van der Waals surface area contributed by atoms with Gasteiger partial charge in [0.25, 0.3) is 0 Å². The molecule has 20 heavy (non-hydrogen) atoms. The molecule has 3 N–H and O–H groups in total. The number of nitrogens with two attached hydrogens (primary N) is 1. The fourth-order valence-corrected chi connectivity index (χ4v) is 4.56. The van der Waals surface area contributed by atoms with Gasteiger partial charge in [-0.3, -0.25) is 4.79 Å². The van der Waals surface area contributed by atoms with Crippen molar-refractivity contribution in [3.63, 3.8) is 0 Å². The SMILES string of the molecule is CS(=O)(=O)N(c1cccc(C(N)C(=O)O)c1)S(C)(=O)=O. The third-order valence-electron chi connectivity index (χ3n) is 2.31. The molecule has 0 heterocycles. The molecule has 0 bridgehead atoms. The summed E-state index contributed by atoms with van der Waals surface area (Å²) in [4.78, 5) is 10.8. The van der Waals surface area contributed by atoms with E-state index in [1.165, 1.54) is 18.2 Å². The molecule has 0 aliphatic rings. The first-order valence-corrected chi connectivity index (χ1v) is 8.93. The van der Waals surface area contributed by atoms with Crippen LogP contribution in [0.1, 0.15) is 11.6 Å². The Bertz CT molecular complexity index is 694. The summed E-state index contributed by atoms with van der Waals surface area (Å²) in [5, 5.41) is 8.81. The number of sulfonamides is 2. The van der Waals surface area contributed by atoms with Gasteiger partial charge in [-0.05, 0) is 17.7 Å². The zero-order valence-electron chi connectivity index (χ0n) is 10.7. The molecule has 0 aliphatic heterocycles. The maximum atomic E-state index is 11.6. The number of carboxylic acids is 1. The number of carbonyl (C=O) groups is 1. The van der Waals surface area contributed by atoms with Gasteiger partial charge in [0.1, 0.15) is 6.04 Å². The van der Waals surface area contributed by atoms with Crippen LogP contribution in [0.2, 0.25) is 0 Å². The Morgan fingerprint density at radius 3 is 2.10 bits per heavy atom. The molecule has 1 rings (SSSR count).